The smallest absolute Gasteiger partial charge is 0.238 e. The molecule has 0 bridgehead atoms. The Labute approximate surface area is 157 Å². The number of carbonyl (C=O) groups excluding carboxylic acids is 2. The zero-order valence-corrected chi connectivity index (χ0v) is 15.9. The average molecular weight is 409 g/mol. The molecule has 0 spiro atoms. The van der Waals surface area contributed by atoms with Crippen molar-refractivity contribution in [1.29, 1.82) is 0 Å². The lowest BCUT2D eigenvalue weighted by Gasteiger charge is -2.03. The van der Waals surface area contributed by atoms with Crippen molar-refractivity contribution < 1.29 is 18.0 Å². The van der Waals surface area contributed by atoms with E-state index in [0.29, 0.717) is 19.4 Å². The number of nitrogens with zero attached hydrogens (tertiary/aromatic N) is 1. The number of hydrogen-bond donors (Lipinski definition) is 5. The van der Waals surface area contributed by atoms with Gasteiger partial charge in [0.15, 0.2) is 5.96 Å². The molecule has 0 aliphatic heterocycles. The summed E-state index contributed by atoms with van der Waals surface area (Å²) in [4.78, 5) is 23.5. The largest absolute Gasteiger partial charge is 0.370 e. The molecule has 10 N–H and O–H groups in total. The summed E-state index contributed by atoms with van der Waals surface area (Å²) in [5.41, 5.74) is 20.0. The van der Waals surface area contributed by atoms with Crippen LogP contribution in [0.15, 0.2) is 40.2 Å². The standard InChI is InChI=1S/C6H13ClN4O.C6H7NO2S.C2H5NO/c7-5(12)4(8)2-1-3-11-6(9)10;7-10(8,9)6-4-2-1-3-5-6;1-2(3)4/h4H,1-3,8H2,(H4,9,10,11);1-5H,(H2,7,8,9);1H3,(H2,3,4). The number of aliphatic imine (C=N–C) groups is 1. The van der Waals surface area contributed by atoms with Crippen LogP contribution < -0.4 is 28.1 Å². The number of hydrogen-bond acceptors (Lipinski definition) is 6. The molecule has 10 nitrogen and oxygen atoms in total. The second-order valence-electron chi connectivity index (χ2n) is 4.83. The van der Waals surface area contributed by atoms with Crippen molar-refractivity contribution in [3.63, 3.8) is 0 Å². The van der Waals surface area contributed by atoms with Crippen LogP contribution in [-0.4, -0.2) is 38.1 Å². The Bertz CT molecular complexity index is 674. The molecule has 1 unspecified atom stereocenters. The molecule has 12 heteroatoms. The first-order valence-corrected chi connectivity index (χ1v) is 9.14. The van der Waals surface area contributed by atoms with Crippen molar-refractivity contribution in [1.82, 2.24) is 0 Å². The minimum Gasteiger partial charge on any atom is -0.370 e. The van der Waals surface area contributed by atoms with Crippen molar-refractivity contribution >= 4 is 38.7 Å². The Hall–Kier alpha value is -2.21. The summed E-state index contributed by atoms with van der Waals surface area (Å²) in [7, 11) is -3.50. The van der Waals surface area contributed by atoms with Gasteiger partial charge in [0, 0.05) is 13.5 Å². The van der Waals surface area contributed by atoms with E-state index in [-0.39, 0.29) is 16.8 Å². The van der Waals surface area contributed by atoms with E-state index in [1.807, 2.05) is 0 Å². The van der Waals surface area contributed by atoms with E-state index in [4.69, 9.17) is 33.9 Å². The Morgan fingerprint density at radius 2 is 1.62 bits per heavy atom. The number of amides is 1. The van der Waals surface area contributed by atoms with Crippen molar-refractivity contribution in [2.45, 2.75) is 30.7 Å². The Kier molecular flexibility index (Phi) is 14.0. The third-order valence-electron chi connectivity index (χ3n) is 2.33. The molecule has 0 heterocycles. The van der Waals surface area contributed by atoms with E-state index in [2.05, 4.69) is 10.7 Å². The number of primary sulfonamides is 1. The van der Waals surface area contributed by atoms with Crippen molar-refractivity contribution in [3.8, 4) is 0 Å². The lowest BCUT2D eigenvalue weighted by molar-refractivity contribution is -0.116. The molecule has 0 fully saturated rings. The first kappa shape index (κ1) is 26.0. The molecule has 1 atom stereocenters. The lowest BCUT2D eigenvalue weighted by atomic mass is 10.2. The zero-order valence-electron chi connectivity index (χ0n) is 14.3. The summed E-state index contributed by atoms with van der Waals surface area (Å²) in [6.45, 7) is 1.78. The number of halogens is 1. The minimum atomic E-state index is -3.50. The van der Waals surface area contributed by atoms with Crippen LogP contribution in [0.25, 0.3) is 0 Å². The van der Waals surface area contributed by atoms with Gasteiger partial charge in [-0.05, 0) is 36.6 Å². The van der Waals surface area contributed by atoms with Gasteiger partial charge in [-0.2, -0.15) is 0 Å². The molecule has 148 valence electrons. The molecule has 0 aliphatic carbocycles. The Morgan fingerprint density at radius 1 is 1.15 bits per heavy atom. The molecule has 0 aliphatic rings. The maximum absolute atomic E-state index is 10.6. The van der Waals surface area contributed by atoms with Crippen molar-refractivity contribution in [2.24, 2.45) is 33.1 Å². The number of carbonyl (C=O) groups is 2. The van der Waals surface area contributed by atoms with Gasteiger partial charge in [-0.25, -0.2) is 13.6 Å². The quantitative estimate of drug-likeness (QED) is 0.170. The van der Waals surface area contributed by atoms with E-state index in [0.717, 1.165) is 0 Å². The fourth-order valence-corrected chi connectivity index (χ4v) is 1.89. The average Bonchev–Trinajstić information content (AvgIpc) is 2.51. The second-order valence-corrected chi connectivity index (χ2v) is 6.76. The van der Waals surface area contributed by atoms with Gasteiger partial charge in [0.1, 0.15) is 0 Å². The summed E-state index contributed by atoms with van der Waals surface area (Å²) in [5.74, 6) is -0.291. The molecule has 0 radical (unpaired) electrons. The summed E-state index contributed by atoms with van der Waals surface area (Å²) < 4.78 is 21.2. The predicted molar refractivity (Wildman–Crippen MR) is 101 cm³/mol. The molecular formula is C14H25ClN6O4S. The van der Waals surface area contributed by atoms with Crippen LogP contribution in [0.3, 0.4) is 0 Å². The number of sulfonamides is 1. The normalized spacial score (nSPS) is 10.9. The van der Waals surface area contributed by atoms with Crippen molar-refractivity contribution in [3.05, 3.63) is 30.3 Å². The van der Waals surface area contributed by atoms with Gasteiger partial charge >= 0.3 is 0 Å². The monoisotopic (exact) mass is 408 g/mol. The summed E-state index contributed by atoms with van der Waals surface area (Å²) in [6.07, 6.45) is 1.15. The number of nitrogens with two attached hydrogens (primary N) is 5. The van der Waals surface area contributed by atoms with E-state index in [1.54, 1.807) is 18.2 Å². The Morgan fingerprint density at radius 3 is 1.92 bits per heavy atom. The summed E-state index contributed by atoms with van der Waals surface area (Å²) in [6, 6.07) is 7.28. The van der Waals surface area contributed by atoms with Crippen LogP contribution in [0, 0.1) is 0 Å². The number of rotatable bonds is 6. The SMILES string of the molecule is CC(N)=O.NC(N)=NCCCC(N)C(=O)Cl.NS(=O)(=O)c1ccccc1. The number of benzene rings is 1. The van der Waals surface area contributed by atoms with E-state index < -0.39 is 21.3 Å². The number of primary amides is 1. The van der Waals surface area contributed by atoms with Gasteiger partial charge in [-0.15, -0.1) is 0 Å². The van der Waals surface area contributed by atoms with Crippen LogP contribution in [0.2, 0.25) is 0 Å². The maximum atomic E-state index is 10.6. The van der Waals surface area contributed by atoms with Gasteiger partial charge in [-0.3, -0.25) is 14.6 Å². The van der Waals surface area contributed by atoms with Crippen molar-refractivity contribution in [2.75, 3.05) is 6.54 Å². The highest BCUT2D eigenvalue weighted by atomic mass is 35.5. The van der Waals surface area contributed by atoms with Crippen LogP contribution in [0.4, 0.5) is 0 Å². The van der Waals surface area contributed by atoms with Gasteiger partial charge in [0.05, 0.1) is 10.9 Å². The van der Waals surface area contributed by atoms with E-state index in [9.17, 15) is 18.0 Å². The molecule has 1 aromatic rings. The van der Waals surface area contributed by atoms with Crippen LogP contribution in [0.5, 0.6) is 0 Å². The first-order chi connectivity index (χ1) is 11.9. The van der Waals surface area contributed by atoms with E-state index in [1.165, 1.54) is 19.1 Å². The Balaban J connectivity index is 0. The fraction of sp³-hybridized carbons (Fsp3) is 0.357. The van der Waals surface area contributed by atoms with Gasteiger partial charge in [0.25, 0.3) is 0 Å². The molecular weight excluding hydrogens is 384 g/mol. The van der Waals surface area contributed by atoms with Crippen LogP contribution in [0.1, 0.15) is 19.8 Å². The van der Waals surface area contributed by atoms with Gasteiger partial charge in [-0.1, -0.05) is 18.2 Å². The zero-order chi connectivity index (χ0) is 20.8. The third kappa shape index (κ3) is 18.1. The highest BCUT2D eigenvalue weighted by Crippen LogP contribution is 2.03. The third-order valence-corrected chi connectivity index (χ3v) is 3.54. The minimum absolute atomic E-state index is 0.0424. The fourth-order valence-electron chi connectivity index (χ4n) is 1.24. The van der Waals surface area contributed by atoms with Crippen LogP contribution in [-0.2, 0) is 19.6 Å². The molecule has 0 saturated heterocycles. The highest BCUT2D eigenvalue weighted by Gasteiger charge is 2.08. The molecule has 0 aromatic heterocycles. The van der Waals surface area contributed by atoms with Gasteiger partial charge < -0.3 is 22.9 Å². The summed E-state index contributed by atoms with van der Waals surface area (Å²) in [5, 5.41) is 4.30. The molecule has 1 amide bonds. The number of guanidine groups is 1. The molecule has 1 aromatic carbocycles. The molecule has 26 heavy (non-hydrogen) atoms. The lowest BCUT2D eigenvalue weighted by Crippen LogP contribution is -2.27. The first-order valence-electron chi connectivity index (χ1n) is 7.22. The van der Waals surface area contributed by atoms with Gasteiger partial charge in [0.2, 0.25) is 21.2 Å². The topological polar surface area (TPSA) is 211 Å². The predicted octanol–water partition coefficient (Wildman–Crippen LogP) is -1.04. The second kappa shape index (κ2) is 14.0. The van der Waals surface area contributed by atoms with E-state index >= 15 is 0 Å². The highest BCUT2D eigenvalue weighted by molar-refractivity contribution is 7.89. The molecule has 1 rings (SSSR count). The van der Waals surface area contributed by atoms with Crippen LogP contribution >= 0.6 is 11.6 Å². The maximum Gasteiger partial charge on any atom is 0.238 e. The summed E-state index contributed by atoms with van der Waals surface area (Å²) >= 11 is 5.12. The molecule has 0 saturated carbocycles.